The van der Waals surface area contributed by atoms with Crippen molar-refractivity contribution in [1.82, 2.24) is 4.98 Å². The topological polar surface area (TPSA) is 48.1 Å². The predicted molar refractivity (Wildman–Crippen MR) is 86.8 cm³/mol. The molecule has 2 aromatic rings. The molecule has 112 valence electrons. The molecule has 1 aromatic heterocycles. The lowest BCUT2D eigenvalue weighted by molar-refractivity contribution is 0.455. The first-order chi connectivity index (χ1) is 10.0. The zero-order valence-corrected chi connectivity index (χ0v) is 13.3. The lowest BCUT2D eigenvalue weighted by Gasteiger charge is -2.13. The van der Waals surface area contributed by atoms with Crippen molar-refractivity contribution in [2.75, 3.05) is 0 Å². The van der Waals surface area contributed by atoms with Crippen LogP contribution in [0.25, 0.3) is 0 Å². The number of aryl methyl sites for hydroxylation is 2. The Morgan fingerprint density at radius 3 is 2.57 bits per heavy atom. The van der Waals surface area contributed by atoms with Crippen LogP contribution in [-0.2, 0) is 13.0 Å². The Balaban J connectivity index is 2.35. The second-order valence-corrected chi connectivity index (χ2v) is 5.64. The highest BCUT2D eigenvalue weighted by Gasteiger charge is 2.08. The SMILES string of the molecule is CCc1cc(CN)cc(Oc2cc(C(C)C)ccc2C)n1. The summed E-state index contributed by atoms with van der Waals surface area (Å²) in [6, 6.07) is 10.3. The minimum atomic E-state index is 0.475. The highest BCUT2D eigenvalue weighted by atomic mass is 16.5. The van der Waals surface area contributed by atoms with Gasteiger partial charge < -0.3 is 10.5 Å². The molecule has 0 fully saturated rings. The second kappa shape index (κ2) is 6.72. The van der Waals surface area contributed by atoms with Gasteiger partial charge in [-0.15, -0.1) is 0 Å². The van der Waals surface area contributed by atoms with E-state index in [9.17, 15) is 0 Å². The Hall–Kier alpha value is -1.87. The van der Waals surface area contributed by atoms with E-state index >= 15 is 0 Å². The van der Waals surface area contributed by atoms with Crippen LogP contribution < -0.4 is 10.5 Å². The molecular formula is C18H24N2O. The number of benzene rings is 1. The van der Waals surface area contributed by atoms with Gasteiger partial charge in [0.05, 0.1) is 0 Å². The summed E-state index contributed by atoms with van der Waals surface area (Å²) in [5, 5.41) is 0. The minimum Gasteiger partial charge on any atom is -0.439 e. The Labute approximate surface area is 127 Å². The zero-order chi connectivity index (χ0) is 15.4. The van der Waals surface area contributed by atoms with E-state index in [0.717, 1.165) is 29.0 Å². The molecular weight excluding hydrogens is 260 g/mol. The molecule has 0 atom stereocenters. The molecule has 0 unspecified atom stereocenters. The normalized spacial score (nSPS) is 11.0. The number of nitrogens with two attached hydrogens (primary N) is 1. The lowest BCUT2D eigenvalue weighted by atomic mass is 10.0. The largest absolute Gasteiger partial charge is 0.439 e. The molecule has 21 heavy (non-hydrogen) atoms. The first-order valence-electron chi connectivity index (χ1n) is 7.51. The molecule has 1 heterocycles. The van der Waals surface area contributed by atoms with Crippen molar-refractivity contribution in [2.24, 2.45) is 5.73 Å². The number of rotatable bonds is 5. The molecule has 0 radical (unpaired) electrons. The fourth-order valence-corrected chi connectivity index (χ4v) is 2.17. The van der Waals surface area contributed by atoms with Crippen LogP contribution in [0.5, 0.6) is 11.6 Å². The van der Waals surface area contributed by atoms with E-state index in [0.29, 0.717) is 18.3 Å². The summed E-state index contributed by atoms with van der Waals surface area (Å²) in [5.41, 5.74) is 10.2. The number of ether oxygens (including phenoxy) is 1. The van der Waals surface area contributed by atoms with Crippen molar-refractivity contribution in [2.45, 2.75) is 46.6 Å². The van der Waals surface area contributed by atoms with Crippen molar-refractivity contribution < 1.29 is 4.74 Å². The van der Waals surface area contributed by atoms with Gasteiger partial charge in [0.2, 0.25) is 5.88 Å². The quantitative estimate of drug-likeness (QED) is 0.889. The molecule has 0 bridgehead atoms. The van der Waals surface area contributed by atoms with Gasteiger partial charge in [0.1, 0.15) is 5.75 Å². The van der Waals surface area contributed by atoms with Crippen molar-refractivity contribution >= 4 is 0 Å². The van der Waals surface area contributed by atoms with Crippen molar-refractivity contribution in [3.63, 3.8) is 0 Å². The molecule has 0 saturated heterocycles. The fourth-order valence-electron chi connectivity index (χ4n) is 2.17. The molecule has 3 nitrogen and oxygen atoms in total. The van der Waals surface area contributed by atoms with Gasteiger partial charge in [0.25, 0.3) is 0 Å². The number of nitrogens with zero attached hydrogens (tertiary/aromatic N) is 1. The molecule has 0 aliphatic carbocycles. The summed E-state index contributed by atoms with van der Waals surface area (Å²) < 4.78 is 6.02. The molecule has 3 heteroatoms. The summed E-state index contributed by atoms with van der Waals surface area (Å²) >= 11 is 0. The third-order valence-electron chi connectivity index (χ3n) is 3.61. The van der Waals surface area contributed by atoms with Gasteiger partial charge in [-0.2, -0.15) is 0 Å². The van der Waals surface area contributed by atoms with Crippen LogP contribution in [0.1, 0.15) is 49.1 Å². The number of pyridine rings is 1. The minimum absolute atomic E-state index is 0.475. The highest BCUT2D eigenvalue weighted by molar-refractivity contribution is 5.40. The maximum absolute atomic E-state index is 6.02. The molecule has 0 amide bonds. The summed E-state index contributed by atoms with van der Waals surface area (Å²) in [4.78, 5) is 4.53. The monoisotopic (exact) mass is 284 g/mol. The van der Waals surface area contributed by atoms with Crippen LogP contribution in [0.15, 0.2) is 30.3 Å². The summed E-state index contributed by atoms with van der Waals surface area (Å²) in [6.45, 7) is 8.98. The van der Waals surface area contributed by atoms with Gasteiger partial charge in [0, 0.05) is 18.3 Å². The number of hydrogen-bond donors (Lipinski definition) is 1. The molecule has 1 aromatic carbocycles. The van der Waals surface area contributed by atoms with Gasteiger partial charge in [0.15, 0.2) is 0 Å². The van der Waals surface area contributed by atoms with E-state index < -0.39 is 0 Å². The van der Waals surface area contributed by atoms with Crippen LogP contribution >= 0.6 is 0 Å². The van der Waals surface area contributed by atoms with Crippen LogP contribution in [0.3, 0.4) is 0 Å². The Morgan fingerprint density at radius 2 is 1.95 bits per heavy atom. The number of hydrogen-bond acceptors (Lipinski definition) is 3. The summed E-state index contributed by atoms with van der Waals surface area (Å²) in [5.74, 6) is 1.96. The van der Waals surface area contributed by atoms with E-state index in [1.54, 1.807) is 0 Å². The van der Waals surface area contributed by atoms with Gasteiger partial charge in [-0.3, -0.25) is 0 Å². The first-order valence-corrected chi connectivity index (χ1v) is 7.51. The molecule has 0 aliphatic rings. The maximum atomic E-state index is 6.02. The summed E-state index contributed by atoms with van der Waals surface area (Å²) in [6.07, 6.45) is 0.870. The van der Waals surface area contributed by atoms with Gasteiger partial charge >= 0.3 is 0 Å². The van der Waals surface area contributed by atoms with Crippen LogP contribution in [-0.4, -0.2) is 4.98 Å². The van der Waals surface area contributed by atoms with Gasteiger partial charge in [-0.25, -0.2) is 4.98 Å². The molecule has 0 aliphatic heterocycles. The van der Waals surface area contributed by atoms with Crippen molar-refractivity contribution in [3.05, 3.63) is 52.7 Å². The standard InChI is InChI=1S/C18H24N2O/c1-5-16-8-14(11-19)9-18(20-16)21-17-10-15(12(2)3)7-6-13(17)4/h6-10,12H,5,11,19H2,1-4H3. The highest BCUT2D eigenvalue weighted by Crippen LogP contribution is 2.28. The zero-order valence-electron chi connectivity index (χ0n) is 13.3. The van der Waals surface area contributed by atoms with Gasteiger partial charge in [-0.1, -0.05) is 32.9 Å². The third kappa shape index (κ3) is 3.82. The summed E-state index contributed by atoms with van der Waals surface area (Å²) in [7, 11) is 0. The maximum Gasteiger partial charge on any atom is 0.219 e. The average molecular weight is 284 g/mol. The fraction of sp³-hybridized carbons (Fsp3) is 0.389. The molecule has 0 spiro atoms. The van der Waals surface area contributed by atoms with Crippen molar-refractivity contribution in [3.8, 4) is 11.6 Å². The van der Waals surface area contributed by atoms with Gasteiger partial charge in [-0.05, 0) is 48.1 Å². The van der Waals surface area contributed by atoms with E-state index in [1.165, 1.54) is 5.56 Å². The Bertz CT molecular complexity index is 598. The third-order valence-corrected chi connectivity index (χ3v) is 3.61. The Morgan fingerprint density at radius 1 is 1.19 bits per heavy atom. The molecule has 2 rings (SSSR count). The van der Waals surface area contributed by atoms with Crippen molar-refractivity contribution in [1.29, 1.82) is 0 Å². The van der Waals surface area contributed by atoms with E-state index in [4.69, 9.17) is 10.5 Å². The number of aromatic nitrogens is 1. The lowest BCUT2D eigenvalue weighted by Crippen LogP contribution is -2.01. The molecule has 0 saturated carbocycles. The smallest absolute Gasteiger partial charge is 0.219 e. The van der Waals surface area contributed by atoms with Crippen LogP contribution in [0, 0.1) is 6.92 Å². The van der Waals surface area contributed by atoms with E-state index in [1.807, 2.05) is 19.1 Å². The van der Waals surface area contributed by atoms with E-state index in [2.05, 4.69) is 44.0 Å². The second-order valence-electron chi connectivity index (χ2n) is 5.64. The average Bonchev–Trinajstić information content (AvgIpc) is 2.48. The van der Waals surface area contributed by atoms with Crippen LogP contribution in [0.2, 0.25) is 0 Å². The van der Waals surface area contributed by atoms with Crippen LogP contribution in [0.4, 0.5) is 0 Å². The predicted octanol–water partition coefficient (Wildman–Crippen LogP) is 4.33. The first kappa shape index (κ1) is 15.5. The Kier molecular flexibility index (Phi) is 4.97. The molecule has 2 N–H and O–H groups in total. The van der Waals surface area contributed by atoms with E-state index in [-0.39, 0.29) is 0 Å².